The molecule has 1 rings (SSSR count). The van der Waals surface area contributed by atoms with Crippen molar-refractivity contribution in [2.75, 3.05) is 26.5 Å². The molecule has 0 aromatic heterocycles. The van der Waals surface area contributed by atoms with Gasteiger partial charge < -0.3 is 4.90 Å². The van der Waals surface area contributed by atoms with Gasteiger partial charge in [-0.15, -0.1) is 16.5 Å². The van der Waals surface area contributed by atoms with Crippen molar-refractivity contribution < 1.29 is 13.2 Å². The van der Waals surface area contributed by atoms with E-state index >= 15 is 0 Å². The number of alkyl halides is 1. The number of amides is 2. The Morgan fingerprint density at radius 1 is 1.26 bits per heavy atom. The Morgan fingerprint density at radius 2 is 1.83 bits per heavy atom. The van der Waals surface area contributed by atoms with E-state index in [4.69, 9.17) is 11.6 Å². The monoisotopic (exact) mass is 368 g/mol. The summed E-state index contributed by atoms with van der Waals surface area (Å²) in [6, 6.07) is -0.925. The molecule has 0 aromatic carbocycles. The minimum atomic E-state index is -3.69. The number of hydrogen-bond donors (Lipinski definition) is 0. The summed E-state index contributed by atoms with van der Waals surface area (Å²) in [5, 5.41) is 2.32. The fourth-order valence-electron chi connectivity index (χ4n) is 2.80. The summed E-state index contributed by atoms with van der Waals surface area (Å²) in [6.07, 6.45) is 4.34. The topological polar surface area (TPSA) is 90.4 Å². The largest absolute Gasteiger partial charge is 0.344 e. The van der Waals surface area contributed by atoms with E-state index in [0.717, 1.165) is 23.6 Å². The van der Waals surface area contributed by atoms with Crippen molar-refractivity contribution in [2.24, 2.45) is 5.29 Å². The number of carbonyl (C=O) groups excluding carboxylic acids is 1. The molecule has 1 saturated carbocycles. The lowest BCUT2D eigenvalue weighted by atomic mass is 9.94. The number of rotatable bonds is 7. The van der Waals surface area contributed by atoms with Crippen LogP contribution in [0.5, 0.6) is 0 Å². The quantitative estimate of drug-likeness (QED) is 0.391. The second kappa shape index (κ2) is 8.79. The average molecular weight is 369 g/mol. The van der Waals surface area contributed by atoms with Crippen molar-refractivity contribution in [3.8, 4) is 0 Å². The standard InChI is InChI=1S/C13H25ClN4O4S/c1-11(23(21,22)16(2)3)18(12-7-5-4-6-8-12)13(19)17(15-20)10-9-14/h11-12H,4-10H2,1-3H3. The molecule has 1 atom stereocenters. The van der Waals surface area contributed by atoms with Gasteiger partial charge in [0.15, 0.2) is 0 Å². The predicted molar refractivity (Wildman–Crippen MR) is 89.4 cm³/mol. The van der Waals surface area contributed by atoms with Gasteiger partial charge in [0.2, 0.25) is 10.0 Å². The zero-order valence-electron chi connectivity index (χ0n) is 13.8. The van der Waals surface area contributed by atoms with Crippen LogP contribution in [0.2, 0.25) is 0 Å². The van der Waals surface area contributed by atoms with Crippen molar-refractivity contribution in [1.82, 2.24) is 14.2 Å². The van der Waals surface area contributed by atoms with Crippen LogP contribution in [-0.4, -0.2) is 66.6 Å². The van der Waals surface area contributed by atoms with Crippen LogP contribution in [0, 0.1) is 4.91 Å². The van der Waals surface area contributed by atoms with Gasteiger partial charge in [-0.05, 0) is 19.8 Å². The number of sulfonamides is 1. The SMILES string of the molecule is CC(N(C(=O)N(CCCl)N=O)C1CCCCC1)S(=O)(=O)N(C)C. The molecule has 0 bridgehead atoms. The van der Waals surface area contributed by atoms with Gasteiger partial charge in [-0.2, -0.15) is 5.01 Å². The van der Waals surface area contributed by atoms with Crippen LogP contribution < -0.4 is 0 Å². The summed E-state index contributed by atoms with van der Waals surface area (Å²) < 4.78 is 26.0. The lowest BCUT2D eigenvalue weighted by molar-refractivity contribution is 0.115. The zero-order chi connectivity index (χ0) is 17.6. The molecule has 10 heteroatoms. The molecule has 0 saturated heterocycles. The van der Waals surface area contributed by atoms with Gasteiger partial charge in [0.05, 0.1) is 11.8 Å². The van der Waals surface area contributed by atoms with E-state index in [1.807, 2.05) is 0 Å². The zero-order valence-corrected chi connectivity index (χ0v) is 15.4. The van der Waals surface area contributed by atoms with Crippen LogP contribution in [0.3, 0.4) is 0 Å². The number of carbonyl (C=O) groups is 1. The second-order valence-corrected chi connectivity index (χ2v) is 8.62. The van der Waals surface area contributed by atoms with Crippen LogP contribution in [0.1, 0.15) is 39.0 Å². The van der Waals surface area contributed by atoms with Crippen molar-refractivity contribution in [3.63, 3.8) is 0 Å². The van der Waals surface area contributed by atoms with Crippen LogP contribution in [0.4, 0.5) is 4.79 Å². The maximum absolute atomic E-state index is 12.7. The number of hydrogen-bond acceptors (Lipinski definition) is 5. The molecule has 8 nitrogen and oxygen atoms in total. The van der Waals surface area contributed by atoms with Gasteiger partial charge in [0.25, 0.3) is 0 Å². The third-order valence-electron chi connectivity index (χ3n) is 4.14. The lowest BCUT2D eigenvalue weighted by Gasteiger charge is -2.39. The molecule has 0 radical (unpaired) electrons. The first-order valence-corrected chi connectivity index (χ1v) is 9.71. The Kier molecular flexibility index (Phi) is 7.69. The van der Waals surface area contributed by atoms with E-state index < -0.39 is 21.4 Å². The van der Waals surface area contributed by atoms with Gasteiger partial charge in [-0.25, -0.2) is 17.5 Å². The fourth-order valence-corrected chi connectivity index (χ4v) is 4.12. The van der Waals surface area contributed by atoms with Crippen LogP contribution >= 0.6 is 11.6 Å². The molecule has 1 fully saturated rings. The third-order valence-corrected chi connectivity index (χ3v) is 6.41. The third kappa shape index (κ3) is 4.77. The summed E-state index contributed by atoms with van der Waals surface area (Å²) in [5.41, 5.74) is 0. The molecule has 0 spiro atoms. The molecule has 0 N–H and O–H groups in total. The maximum atomic E-state index is 12.7. The molecule has 1 unspecified atom stereocenters. The van der Waals surface area contributed by atoms with E-state index in [9.17, 15) is 18.1 Å². The highest BCUT2D eigenvalue weighted by Gasteiger charge is 2.39. The number of nitrogens with zero attached hydrogens (tertiary/aromatic N) is 4. The van der Waals surface area contributed by atoms with Crippen LogP contribution in [0.25, 0.3) is 0 Å². The molecule has 134 valence electrons. The van der Waals surface area contributed by atoms with Gasteiger partial charge in [-0.1, -0.05) is 19.3 Å². The molecule has 1 aliphatic rings. The van der Waals surface area contributed by atoms with E-state index in [1.165, 1.54) is 25.9 Å². The van der Waals surface area contributed by atoms with Crippen molar-refractivity contribution >= 4 is 27.7 Å². The van der Waals surface area contributed by atoms with Crippen molar-refractivity contribution in [3.05, 3.63) is 4.91 Å². The Balaban J connectivity index is 3.15. The van der Waals surface area contributed by atoms with Gasteiger partial charge in [0, 0.05) is 26.0 Å². The molecule has 0 heterocycles. The molecular formula is C13H25ClN4O4S. The summed E-state index contributed by atoms with van der Waals surface area (Å²) >= 11 is 5.59. The molecule has 0 aliphatic heterocycles. The number of nitroso groups, excluding NO2 is 1. The van der Waals surface area contributed by atoms with Crippen molar-refractivity contribution in [2.45, 2.75) is 50.4 Å². The minimum absolute atomic E-state index is 0.0464. The van der Waals surface area contributed by atoms with E-state index in [0.29, 0.717) is 17.9 Å². The summed E-state index contributed by atoms with van der Waals surface area (Å²) in [7, 11) is -0.851. The van der Waals surface area contributed by atoms with Crippen LogP contribution in [0.15, 0.2) is 5.29 Å². The summed E-state index contributed by atoms with van der Waals surface area (Å²) in [4.78, 5) is 24.9. The Hall–Kier alpha value is -0.930. The minimum Gasteiger partial charge on any atom is -0.302 e. The Morgan fingerprint density at radius 3 is 2.26 bits per heavy atom. The maximum Gasteiger partial charge on any atom is 0.344 e. The van der Waals surface area contributed by atoms with Gasteiger partial charge in [-0.3, -0.25) is 0 Å². The second-order valence-electron chi connectivity index (χ2n) is 5.80. The van der Waals surface area contributed by atoms with E-state index in [-0.39, 0.29) is 18.5 Å². The number of halogens is 1. The van der Waals surface area contributed by atoms with E-state index in [2.05, 4.69) is 5.29 Å². The van der Waals surface area contributed by atoms with Crippen molar-refractivity contribution in [1.29, 1.82) is 0 Å². The number of urea groups is 1. The van der Waals surface area contributed by atoms with E-state index in [1.54, 1.807) is 0 Å². The van der Waals surface area contributed by atoms with Gasteiger partial charge in [0.1, 0.15) is 5.37 Å². The highest BCUT2D eigenvalue weighted by atomic mass is 35.5. The first-order chi connectivity index (χ1) is 10.8. The first-order valence-electron chi connectivity index (χ1n) is 7.67. The Bertz CT molecular complexity index is 508. The average Bonchev–Trinajstić information content (AvgIpc) is 2.53. The lowest BCUT2D eigenvalue weighted by Crippen LogP contribution is -2.55. The normalized spacial score (nSPS) is 17.8. The fraction of sp³-hybridized carbons (Fsp3) is 0.923. The molecule has 0 aromatic rings. The highest BCUT2D eigenvalue weighted by molar-refractivity contribution is 7.89. The molecular weight excluding hydrogens is 344 g/mol. The first kappa shape index (κ1) is 20.1. The van der Waals surface area contributed by atoms with Gasteiger partial charge >= 0.3 is 6.03 Å². The smallest absolute Gasteiger partial charge is 0.302 e. The van der Waals surface area contributed by atoms with Crippen LogP contribution in [-0.2, 0) is 10.0 Å². The Labute approximate surface area is 142 Å². The molecule has 23 heavy (non-hydrogen) atoms. The molecule has 2 amide bonds. The summed E-state index contributed by atoms with van der Waals surface area (Å²) in [5.74, 6) is 0.0464. The highest BCUT2D eigenvalue weighted by Crippen LogP contribution is 2.27. The summed E-state index contributed by atoms with van der Waals surface area (Å²) in [6.45, 7) is 1.41. The predicted octanol–water partition coefficient (Wildman–Crippen LogP) is 2.20. The molecule has 1 aliphatic carbocycles.